The van der Waals surface area contributed by atoms with Gasteiger partial charge in [0.15, 0.2) is 0 Å². The molecule has 0 aliphatic carbocycles. The number of hydrogen-bond acceptors (Lipinski definition) is 1. The van der Waals surface area contributed by atoms with Crippen molar-refractivity contribution in [2.24, 2.45) is 0 Å². The minimum atomic E-state index is -0.241. The van der Waals surface area contributed by atoms with Crippen molar-refractivity contribution < 1.29 is 0 Å². The maximum atomic E-state index is 2.44. The largest absolute Gasteiger partial charge is 0.257 e. The Morgan fingerprint density at radius 3 is 1.57 bits per heavy atom. The molecule has 44 valence electrons. The number of hydrogen-bond donors (Lipinski definition) is 0. The molecule has 0 amide bonds. The summed E-state index contributed by atoms with van der Waals surface area (Å²) in [6, 6.07) is 0. The Bertz CT molecular complexity index is 80.1. The van der Waals surface area contributed by atoms with Crippen LogP contribution in [0.1, 0.15) is 6.92 Å². The SMILES string of the molecule is CC1N(C)S1(C)C. The van der Waals surface area contributed by atoms with Crippen LogP contribution < -0.4 is 0 Å². The third-order valence-corrected chi connectivity index (χ3v) is 5.61. The fourth-order valence-corrected chi connectivity index (χ4v) is 2.68. The van der Waals surface area contributed by atoms with Gasteiger partial charge in [-0.2, -0.15) is 10.2 Å². The van der Waals surface area contributed by atoms with Crippen LogP contribution in [0.4, 0.5) is 0 Å². The van der Waals surface area contributed by atoms with Crippen LogP contribution in [0.5, 0.6) is 0 Å². The van der Waals surface area contributed by atoms with Gasteiger partial charge in [0.05, 0.1) is 5.37 Å². The van der Waals surface area contributed by atoms with Crippen LogP contribution in [-0.4, -0.2) is 29.2 Å². The molecule has 1 nitrogen and oxygen atoms in total. The first-order chi connectivity index (χ1) is 3.07. The summed E-state index contributed by atoms with van der Waals surface area (Å²) in [6.07, 6.45) is 4.69. The third kappa shape index (κ3) is 0.572. The molecule has 1 fully saturated rings. The lowest BCUT2D eigenvalue weighted by atomic mass is 10.8. The molecule has 1 heterocycles. The molecule has 0 aromatic carbocycles. The van der Waals surface area contributed by atoms with E-state index in [4.69, 9.17) is 0 Å². The number of nitrogens with zero attached hydrogens (tertiary/aromatic N) is 1. The maximum absolute atomic E-state index is 2.44. The fourth-order valence-electron chi connectivity index (χ4n) is 0.721. The van der Waals surface area contributed by atoms with E-state index in [2.05, 4.69) is 30.8 Å². The summed E-state index contributed by atoms with van der Waals surface area (Å²) < 4.78 is 2.44. The highest BCUT2D eigenvalue weighted by Gasteiger charge is 2.43. The highest BCUT2D eigenvalue weighted by Crippen LogP contribution is 2.65. The summed E-state index contributed by atoms with van der Waals surface area (Å²) >= 11 is 0. The van der Waals surface area contributed by atoms with Gasteiger partial charge in [-0.05, 0) is 26.5 Å². The van der Waals surface area contributed by atoms with Gasteiger partial charge in [-0.3, -0.25) is 4.31 Å². The van der Waals surface area contributed by atoms with Crippen molar-refractivity contribution in [2.45, 2.75) is 12.3 Å². The molecule has 1 rings (SSSR count). The normalized spacial score (nSPS) is 50.9. The first-order valence-electron chi connectivity index (χ1n) is 2.52. The van der Waals surface area contributed by atoms with E-state index in [1.165, 1.54) is 0 Å². The van der Waals surface area contributed by atoms with Crippen LogP contribution in [0.25, 0.3) is 0 Å². The molecule has 0 radical (unpaired) electrons. The van der Waals surface area contributed by atoms with E-state index < -0.39 is 0 Å². The molecule has 0 bridgehead atoms. The van der Waals surface area contributed by atoms with Crippen molar-refractivity contribution in [2.75, 3.05) is 19.6 Å². The molecule has 2 atom stereocenters. The predicted molar refractivity (Wildman–Crippen MR) is 36.7 cm³/mol. The second-order valence-electron chi connectivity index (χ2n) is 2.50. The van der Waals surface area contributed by atoms with Crippen molar-refractivity contribution >= 4 is 10.2 Å². The van der Waals surface area contributed by atoms with Crippen LogP contribution in [0.3, 0.4) is 0 Å². The molecule has 0 aromatic heterocycles. The smallest absolute Gasteiger partial charge is 0.0565 e. The van der Waals surface area contributed by atoms with Crippen LogP contribution >= 0.6 is 10.2 Å². The van der Waals surface area contributed by atoms with Gasteiger partial charge in [-0.15, -0.1) is 0 Å². The molecule has 1 aliphatic rings. The van der Waals surface area contributed by atoms with Crippen molar-refractivity contribution in [3.8, 4) is 0 Å². The van der Waals surface area contributed by atoms with Crippen LogP contribution in [0, 0.1) is 0 Å². The highest BCUT2D eigenvalue weighted by molar-refractivity contribution is 8.36. The van der Waals surface area contributed by atoms with Gasteiger partial charge < -0.3 is 0 Å². The van der Waals surface area contributed by atoms with E-state index in [-0.39, 0.29) is 10.2 Å². The predicted octanol–water partition coefficient (Wildman–Crippen LogP) is 1.26. The third-order valence-electron chi connectivity index (χ3n) is 2.04. The standard InChI is InChI=1S/C5H13NS/c1-5-6(2)7(5,3)4/h5H,1-4H3. The first-order valence-corrected chi connectivity index (χ1v) is 4.99. The molecule has 0 spiro atoms. The Kier molecular flexibility index (Phi) is 0.914. The lowest BCUT2D eigenvalue weighted by Crippen LogP contribution is -1.84. The van der Waals surface area contributed by atoms with Crippen molar-refractivity contribution in [3.05, 3.63) is 0 Å². The summed E-state index contributed by atoms with van der Waals surface area (Å²) in [5, 5.41) is 0.882. The zero-order valence-electron chi connectivity index (χ0n) is 5.43. The molecule has 2 unspecified atom stereocenters. The van der Waals surface area contributed by atoms with Crippen LogP contribution in [-0.2, 0) is 0 Å². The van der Waals surface area contributed by atoms with Gasteiger partial charge in [0.2, 0.25) is 0 Å². The van der Waals surface area contributed by atoms with E-state index in [1.807, 2.05) is 0 Å². The van der Waals surface area contributed by atoms with Crippen LogP contribution in [0.2, 0.25) is 0 Å². The van der Waals surface area contributed by atoms with Crippen LogP contribution in [0.15, 0.2) is 0 Å². The Morgan fingerprint density at radius 2 is 1.57 bits per heavy atom. The summed E-state index contributed by atoms with van der Waals surface area (Å²) in [6.45, 7) is 2.29. The first kappa shape index (κ1) is 5.45. The average molecular weight is 119 g/mol. The summed E-state index contributed by atoms with van der Waals surface area (Å²) in [5.74, 6) is 0. The Labute approximate surface area is 47.1 Å². The monoisotopic (exact) mass is 119 g/mol. The van der Waals surface area contributed by atoms with E-state index in [0.717, 1.165) is 5.37 Å². The molecule has 1 saturated heterocycles. The van der Waals surface area contributed by atoms with Gasteiger partial charge in [0.1, 0.15) is 0 Å². The van der Waals surface area contributed by atoms with Gasteiger partial charge >= 0.3 is 0 Å². The minimum absolute atomic E-state index is 0.241. The summed E-state index contributed by atoms with van der Waals surface area (Å²) in [5.41, 5.74) is 0. The van der Waals surface area contributed by atoms with E-state index in [9.17, 15) is 0 Å². The van der Waals surface area contributed by atoms with Crippen molar-refractivity contribution in [3.63, 3.8) is 0 Å². The fraction of sp³-hybridized carbons (Fsp3) is 1.00. The molecular weight excluding hydrogens is 106 g/mol. The van der Waals surface area contributed by atoms with E-state index in [1.54, 1.807) is 0 Å². The van der Waals surface area contributed by atoms with Gasteiger partial charge in [-0.25, -0.2) is 0 Å². The van der Waals surface area contributed by atoms with Gasteiger partial charge in [0, 0.05) is 0 Å². The number of rotatable bonds is 0. The van der Waals surface area contributed by atoms with Crippen molar-refractivity contribution in [1.82, 2.24) is 4.31 Å². The molecule has 0 saturated carbocycles. The molecule has 0 aromatic rings. The highest BCUT2D eigenvalue weighted by atomic mass is 32.3. The quantitative estimate of drug-likeness (QED) is 0.434. The summed E-state index contributed by atoms with van der Waals surface area (Å²) in [7, 11) is 1.95. The molecule has 1 aliphatic heterocycles. The molecule has 2 heteroatoms. The Hall–Kier alpha value is 0.310. The second kappa shape index (κ2) is 1.17. The lowest BCUT2D eigenvalue weighted by Gasteiger charge is -2.02. The van der Waals surface area contributed by atoms with Crippen molar-refractivity contribution in [1.29, 1.82) is 0 Å². The van der Waals surface area contributed by atoms with E-state index >= 15 is 0 Å². The topological polar surface area (TPSA) is 3.01 Å². The lowest BCUT2D eigenvalue weighted by molar-refractivity contribution is 0.675. The maximum Gasteiger partial charge on any atom is 0.0565 e. The second-order valence-corrected chi connectivity index (χ2v) is 6.45. The zero-order chi connectivity index (χ0) is 5.65. The minimum Gasteiger partial charge on any atom is -0.257 e. The Morgan fingerprint density at radius 1 is 1.43 bits per heavy atom. The molecule has 0 N–H and O–H groups in total. The zero-order valence-corrected chi connectivity index (χ0v) is 6.25. The van der Waals surface area contributed by atoms with Gasteiger partial charge in [-0.1, -0.05) is 0 Å². The van der Waals surface area contributed by atoms with Gasteiger partial charge in [0.25, 0.3) is 0 Å². The Balaban J connectivity index is 2.52. The van der Waals surface area contributed by atoms with E-state index in [0.29, 0.717) is 0 Å². The summed E-state index contributed by atoms with van der Waals surface area (Å²) in [4.78, 5) is 0. The molecular formula is C5H13NS. The molecule has 7 heavy (non-hydrogen) atoms. The average Bonchev–Trinajstić information content (AvgIpc) is 1.91.